The number of rotatable bonds is 5. The molecule has 0 unspecified atom stereocenters. The van der Waals surface area contributed by atoms with E-state index in [9.17, 15) is 4.39 Å². The Morgan fingerprint density at radius 2 is 1.21 bits per heavy atom. The monoisotopic (exact) mass is 450 g/mol. The normalized spacial score (nSPS) is 11.9. The van der Waals surface area contributed by atoms with Crippen LogP contribution in [0.4, 0.5) is 4.39 Å². The van der Waals surface area contributed by atoms with Crippen LogP contribution < -0.4 is 15.9 Å². The summed E-state index contributed by atoms with van der Waals surface area (Å²) < 4.78 is 15.1. The summed E-state index contributed by atoms with van der Waals surface area (Å²) in [4.78, 5) is 0. The van der Waals surface area contributed by atoms with E-state index in [1.165, 1.54) is 22.0 Å². The molecule has 0 heterocycles. The zero-order valence-corrected chi connectivity index (χ0v) is 17.9. The quantitative estimate of drug-likeness (QED) is 0.336. The van der Waals surface area contributed by atoms with Crippen molar-refractivity contribution < 1.29 is 4.39 Å². The van der Waals surface area contributed by atoms with Crippen LogP contribution in [-0.2, 0) is 6.16 Å². The Bertz CT molecular complexity index is 1020. The Balaban J connectivity index is 2.04. The summed E-state index contributed by atoms with van der Waals surface area (Å²) in [5.74, 6) is -0.186. The van der Waals surface area contributed by atoms with Gasteiger partial charge in [0, 0.05) is 0 Å². The number of halogens is 2. The van der Waals surface area contributed by atoms with Gasteiger partial charge < -0.3 is 0 Å². The molecule has 0 bridgehead atoms. The molecule has 28 heavy (non-hydrogen) atoms. The molecule has 0 aliphatic carbocycles. The molecule has 3 heteroatoms. The van der Waals surface area contributed by atoms with Crippen LogP contribution in [-0.4, -0.2) is 0 Å². The second-order valence-corrected chi connectivity index (χ2v) is 11.6. The van der Waals surface area contributed by atoms with Crippen LogP contribution in [0.2, 0.25) is 0 Å². The van der Waals surface area contributed by atoms with E-state index < -0.39 is 7.26 Å². The first kappa shape index (κ1) is 19.1. The van der Waals surface area contributed by atoms with E-state index in [4.69, 9.17) is 0 Å². The number of hydrogen-bond acceptors (Lipinski definition) is 0. The minimum atomic E-state index is -2.45. The van der Waals surface area contributed by atoms with Gasteiger partial charge in [-0.05, 0) is 0 Å². The van der Waals surface area contributed by atoms with Crippen LogP contribution in [0.3, 0.4) is 0 Å². The Morgan fingerprint density at radius 1 is 0.643 bits per heavy atom. The molecule has 0 amide bonds. The van der Waals surface area contributed by atoms with Gasteiger partial charge in [-0.3, -0.25) is 0 Å². The van der Waals surface area contributed by atoms with Crippen LogP contribution in [0, 0.1) is 5.82 Å². The zero-order chi connectivity index (χ0) is 19.4. The van der Waals surface area contributed by atoms with Crippen molar-refractivity contribution in [2.75, 3.05) is 0 Å². The van der Waals surface area contributed by atoms with Crippen molar-refractivity contribution in [3.05, 3.63) is 125 Å². The second-order valence-electron chi connectivity index (χ2n) is 6.92. The van der Waals surface area contributed by atoms with Crippen LogP contribution in [0.5, 0.6) is 0 Å². The first-order valence-electron chi connectivity index (χ1n) is 9.31. The van der Waals surface area contributed by atoms with E-state index in [-0.39, 0.29) is 5.82 Å². The summed E-state index contributed by atoms with van der Waals surface area (Å²) >= 11 is 3.82. The van der Waals surface area contributed by atoms with Gasteiger partial charge in [-0.25, -0.2) is 0 Å². The Kier molecular flexibility index (Phi) is 5.71. The van der Waals surface area contributed by atoms with Crippen molar-refractivity contribution in [1.29, 1.82) is 0 Å². The van der Waals surface area contributed by atoms with E-state index in [1.807, 2.05) is 12.1 Å². The third kappa shape index (κ3) is 3.68. The molecule has 0 atom stereocenters. The summed E-state index contributed by atoms with van der Waals surface area (Å²) in [6.07, 6.45) is 0.793. The molecule has 0 N–H and O–H groups in total. The van der Waals surface area contributed by atoms with Crippen LogP contribution in [0.25, 0.3) is 0 Å². The summed E-state index contributed by atoms with van der Waals surface area (Å²) in [6, 6.07) is 36.9. The second kappa shape index (κ2) is 8.39. The van der Waals surface area contributed by atoms with E-state index in [1.54, 1.807) is 12.1 Å². The summed E-state index contributed by atoms with van der Waals surface area (Å²) in [6.45, 7) is 0. The van der Waals surface area contributed by atoms with Crippen LogP contribution >= 0.6 is 23.2 Å². The van der Waals surface area contributed by atoms with E-state index in [0.29, 0.717) is 0 Å². The first-order chi connectivity index (χ1) is 13.7. The van der Waals surface area contributed by atoms with Crippen molar-refractivity contribution >= 4 is 39.1 Å². The topological polar surface area (TPSA) is 0 Å². The molecular weight excluding hydrogens is 430 g/mol. The maximum absolute atomic E-state index is 14.0. The molecule has 0 saturated carbocycles. The van der Waals surface area contributed by atoms with E-state index in [2.05, 4.69) is 94.8 Å². The Labute approximate surface area is 174 Å². The predicted octanol–water partition coefficient (Wildman–Crippen LogP) is 5.81. The fraction of sp³-hybridized carbons (Fsp3) is 0.0400. The average molecular weight is 451 g/mol. The Hall–Kier alpha value is -2.28. The van der Waals surface area contributed by atoms with Gasteiger partial charge in [-0.1, -0.05) is 0 Å². The SMILES string of the molecule is Fc1cccc(C[PH](c2ccccc2)(c2ccccc2)c2ccccc2Br)c1. The molecule has 0 aromatic heterocycles. The molecule has 4 rings (SSSR count). The fourth-order valence-corrected chi connectivity index (χ4v) is 10.1. The summed E-state index contributed by atoms with van der Waals surface area (Å²) in [5.41, 5.74) is 1.02. The standard InChI is InChI=1S/C25H21BrFP/c26-24-16-7-8-17-25(24)28(22-12-3-1-4-13-22,23-14-5-2-6-15-23)19-20-10-9-11-21(27)18-20/h1-18,28H,19H2. The van der Waals surface area contributed by atoms with E-state index >= 15 is 0 Å². The molecule has 0 fully saturated rings. The zero-order valence-electron chi connectivity index (χ0n) is 15.4. The number of hydrogen-bond donors (Lipinski definition) is 0. The van der Waals surface area contributed by atoms with Gasteiger partial charge in [0.1, 0.15) is 0 Å². The average Bonchev–Trinajstić information content (AvgIpc) is 2.74. The third-order valence-electron chi connectivity index (χ3n) is 5.23. The van der Waals surface area contributed by atoms with Crippen molar-refractivity contribution in [3.63, 3.8) is 0 Å². The van der Waals surface area contributed by atoms with Crippen molar-refractivity contribution in [2.24, 2.45) is 0 Å². The molecule has 0 saturated heterocycles. The molecule has 0 aliphatic heterocycles. The first-order valence-corrected chi connectivity index (χ1v) is 12.3. The predicted molar refractivity (Wildman–Crippen MR) is 124 cm³/mol. The molecular formula is C25H21BrFP. The fourth-order valence-electron chi connectivity index (χ4n) is 3.98. The van der Waals surface area contributed by atoms with Crippen molar-refractivity contribution in [1.82, 2.24) is 0 Å². The van der Waals surface area contributed by atoms with Gasteiger partial charge in [0.05, 0.1) is 0 Å². The molecule has 4 aromatic carbocycles. The Morgan fingerprint density at radius 3 is 1.79 bits per heavy atom. The van der Waals surface area contributed by atoms with Gasteiger partial charge in [0.25, 0.3) is 0 Å². The van der Waals surface area contributed by atoms with Gasteiger partial charge in [-0.15, -0.1) is 0 Å². The third-order valence-corrected chi connectivity index (χ3v) is 11.2. The maximum atomic E-state index is 14.0. The minimum absolute atomic E-state index is 0.186. The molecule has 0 radical (unpaired) electrons. The van der Waals surface area contributed by atoms with Crippen molar-refractivity contribution in [2.45, 2.75) is 6.16 Å². The van der Waals surface area contributed by atoms with Gasteiger partial charge in [0.15, 0.2) is 0 Å². The summed E-state index contributed by atoms with van der Waals surface area (Å²) in [5, 5.41) is 3.94. The van der Waals surface area contributed by atoms with Crippen LogP contribution in [0.1, 0.15) is 5.56 Å². The summed E-state index contributed by atoms with van der Waals surface area (Å²) in [7, 11) is -2.45. The molecule has 0 spiro atoms. The molecule has 0 nitrogen and oxygen atoms in total. The van der Waals surface area contributed by atoms with Gasteiger partial charge in [0.2, 0.25) is 0 Å². The van der Waals surface area contributed by atoms with Crippen LogP contribution in [0.15, 0.2) is 114 Å². The van der Waals surface area contributed by atoms with Gasteiger partial charge >= 0.3 is 175 Å². The van der Waals surface area contributed by atoms with Crippen molar-refractivity contribution in [3.8, 4) is 0 Å². The van der Waals surface area contributed by atoms with Gasteiger partial charge in [-0.2, -0.15) is 0 Å². The number of benzene rings is 4. The van der Waals surface area contributed by atoms with E-state index in [0.717, 1.165) is 16.2 Å². The molecule has 140 valence electrons. The molecule has 0 aliphatic rings. The molecule has 4 aromatic rings.